The Labute approximate surface area is 167 Å². The zero-order valence-corrected chi connectivity index (χ0v) is 15.6. The smallest absolute Gasteiger partial charge is 0.166 e. The predicted octanol–water partition coefficient (Wildman–Crippen LogP) is 3.50. The van der Waals surface area contributed by atoms with Gasteiger partial charge >= 0.3 is 0 Å². The molecule has 5 rings (SSSR count). The van der Waals surface area contributed by atoms with Crippen LogP contribution in [-0.4, -0.2) is 32.2 Å². The molecule has 1 fully saturated rings. The third-order valence-corrected chi connectivity index (χ3v) is 5.28. The summed E-state index contributed by atoms with van der Waals surface area (Å²) in [5.74, 6) is -0.153. The molecule has 6 nitrogen and oxygen atoms in total. The van der Waals surface area contributed by atoms with Gasteiger partial charge in [-0.1, -0.05) is 6.58 Å². The molecule has 2 aliphatic rings. The number of fused-ring (bicyclic) bond motifs is 5. The summed E-state index contributed by atoms with van der Waals surface area (Å²) in [5.41, 5.74) is 2.76. The van der Waals surface area contributed by atoms with E-state index in [4.69, 9.17) is 7.73 Å². The minimum atomic E-state index is -1.93. The molecule has 0 spiro atoms. The lowest BCUT2D eigenvalue weighted by Gasteiger charge is -2.27. The highest BCUT2D eigenvalue weighted by atomic mass is 19.1. The molecular weight excluding hydrogens is 355 g/mol. The molecule has 7 heteroatoms. The van der Waals surface area contributed by atoms with Crippen molar-refractivity contribution in [3.8, 4) is 0 Å². The van der Waals surface area contributed by atoms with Crippen molar-refractivity contribution in [1.29, 1.82) is 0 Å². The van der Waals surface area contributed by atoms with Crippen molar-refractivity contribution in [3.05, 3.63) is 59.9 Å². The van der Waals surface area contributed by atoms with Gasteiger partial charge in [-0.3, -0.25) is 4.98 Å². The van der Waals surface area contributed by atoms with Crippen LogP contribution in [-0.2, 0) is 6.42 Å². The molecule has 3 aromatic heterocycles. The predicted molar refractivity (Wildman–Crippen MR) is 106 cm³/mol. The molecule has 2 atom stereocenters. The van der Waals surface area contributed by atoms with Crippen LogP contribution in [0.25, 0.3) is 11.3 Å². The van der Waals surface area contributed by atoms with Crippen molar-refractivity contribution in [2.45, 2.75) is 44.6 Å². The van der Waals surface area contributed by atoms with Gasteiger partial charge in [0.2, 0.25) is 0 Å². The van der Waals surface area contributed by atoms with Gasteiger partial charge in [0, 0.05) is 32.9 Å². The van der Waals surface area contributed by atoms with E-state index < -0.39 is 18.2 Å². The Balaban J connectivity index is 1.78. The molecule has 2 aliphatic heterocycles. The van der Waals surface area contributed by atoms with Gasteiger partial charge in [-0.2, -0.15) is 5.10 Å². The zero-order valence-electron chi connectivity index (χ0n) is 18.6. The second-order valence-electron chi connectivity index (χ2n) is 7.25. The molecular formula is C21H23FN6. The summed E-state index contributed by atoms with van der Waals surface area (Å²) in [6.07, 6.45) is 3.87. The lowest BCUT2D eigenvalue weighted by Crippen LogP contribution is -2.26. The summed E-state index contributed by atoms with van der Waals surface area (Å²) < 4.78 is 42.7. The number of pyridine rings is 1. The molecule has 0 amide bonds. The maximum Gasteiger partial charge on any atom is 0.166 e. The first-order chi connectivity index (χ1) is 14.7. The van der Waals surface area contributed by atoms with Crippen LogP contribution in [0.1, 0.15) is 53.1 Å². The second kappa shape index (κ2) is 6.58. The average molecular weight is 381 g/mol. The molecule has 144 valence electrons. The van der Waals surface area contributed by atoms with Crippen molar-refractivity contribution in [1.82, 2.24) is 24.9 Å². The molecule has 5 heterocycles. The Hall–Kier alpha value is -2.96. The van der Waals surface area contributed by atoms with Crippen molar-refractivity contribution >= 4 is 17.2 Å². The van der Waals surface area contributed by atoms with Crippen LogP contribution >= 0.6 is 0 Å². The van der Waals surface area contributed by atoms with Crippen LogP contribution in [0, 0.1) is 5.82 Å². The van der Waals surface area contributed by atoms with Gasteiger partial charge in [0.25, 0.3) is 0 Å². The number of hydrogen-bond acceptors (Lipinski definition) is 5. The largest absolute Gasteiger partial charge is 0.382 e. The number of aromatic nitrogens is 4. The number of halogens is 1. The van der Waals surface area contributed by atoms with Crippen molar-refractivity contribution < 1.29 is 8.50 Å². The van der Waals surface area contributed by atoms with E-state index in [0.29, 0.717) is 35.7 Å². The number of rotatable bonds is 0. The Bertz CT molecular complexity index is 1200. The normalized spacial score (nSPS) is 28.2. The van der Waals surface area contributed by atoms with Gasteiger partial charge in [-0.05, 0) is 50.3 Å². The van der Waals surface area contributed by atoms with E-state index in [1.165, 1.54) is 6.07 Å². The zero-order chi connectivity index (χ0) is 22.0. The highest BCUT2D eigenvalue weighted by molar-refractivity contribution is 5.74. The van der Waals surface area contributed by atoms with E-state index in [-0.39, 0.29) is 24.6 Å². The third kappa shape index (κ3) is 2.82. The third-order valence-electron chi connectivity index (χ3n) is 5.28. The molecule has 2 bridgehead atoms. The first-order valence-corrected chi connectivity index (χ1v) is 9.43. The second-order valence-corrected chi connectivity index (χ2v) is 7.25. The highest BCUT2D eigenvalue weighted by Gasteiger charge is 2.30. The van der Waals surface area contributed by atoms with E-state index >= 15 is 0 Å². The number of anilines is 1. The lowest BCUT2D eigenvalue weighted by atomic mass is 9.98. The molecule has 3 aromatic rings. The molecule has 0 aromatic carbocycles. The SMILES string of the molecule is [2H]C1([2H])CCN2c3ccn4ncc(c4n3)C(=C)N[C@H](C)CCc3ncc(F)cc3[C@@]21[2H]. The van der Waals surface area contributed by atoms with Gasteiger partial charge in [-0.25, -0.2) is 13.9 Å². The van der Waals surface area contributed by atoms with E-state index in [1.807, 2.05) is 6.92 Å². The first kappa shape index (κ1) is 14.1. The van der Waals surface area contributed by atoms with Crippen molar-refractivity contribution in [3.63, 3.8) is 0 Å². The molecule has 1 saturated heterocycles. The van der Waals surface area contributed by atoms with Gasteiger partial charge in [0.15, 0.2) is 5.65 Å². The fourth-order valence-electron chi connectivity index (χ4n) is 3.86. The molecule has 0 radical (unpaired) electrons. The molecule has 0 unspecified atom stereocenters. The Kier molecular flexibility index (Phi) is 3.31. The Morgan fingerprint density at radius 3 is 3.21 bits per heavy atom. The first-order valence-electron chi connectivity index (χ1n) is 10.9. The fourth-order valence-corrected chi connectivity index (χ4v) is 3.86. The standard InChI is InChI=1S/C21H23FN6/c1-13-5-6-18-16(10-15(22)11-23-18)19-4-3-8-27(19)20-7-9-28-21(26-20)17(12-24-28)14(2)25-13/h7,9-13,19,25H,2-6,8H2,1H3/t13-,19+/m1/s1/i4D2,19D. The summed E-state index contributed by atoms with van der Waals surface area (Å²) in [4.78, 5) is 10.6. The van der Waals surface area contributed by atoms with E-state index in [1.54, 1.807) is 27.9 Å². The van der Waals surface area contributed by atoms with Crippen LogP contribution in [0.2, 0.25) is 0 Å². The number of nitrogens with one attached hydrogen (secondary N) is 1. The van der Waals surface area contributed by atoms with Crippen LogP contribution in [0.5, 0.6) is 0 Å². The molecule has 28 heavy (non-hydrogen) atoms. The van der Waals surface area contributed by atoms with Gasteiger partial charge in [-0.15, -0.1) is 0 Å². The van der Waals surface area contributed by atoms with Crippen LogP contribution in [0.15, 0.2) is 37.3 Å². The van der Waals surface area contributed by atoms with Crippen molar-refractivity contribution in [2.75, 3.05) is 11.4 Å². The van der Waals surface area contributed by atoms with Gasteiger partial charge in [0.05, 0.1) is 25.3 Å². The maximum absolute atomic E-state index is 14.3. The monoisotopic (exact) mass is 381 g/mol. The summed E-state index contributed by atoms with van der Waals surface area (Å²) in [5, 5.41) is 7.71. The minimum Gasteiger partial charge on any atom is -0.382 e. The molecule has 0 saturated carbocycles. The quantitative estimate of drug-likeness (QED) is 0.646. The van der Waals surface area contributed by atoms with Crippen LogP contribution in [0.4, 0.5) is 10.2 Å². The molecule has 1 N–H and O–H groups in total. The molecule has 0 aliphatic carbocycles. The van der Waals surface area contributed by atoms with Crippen LogP contribution < -0.4 is 10.2 Å². The van der Waals surface area contributed by atoms with E-state index in [0.717, 1.165) is 11.8 Å². The summed E-state index contributed by atoms with van der Waals surface area (Å²) in [7, 11) is 0. The summed E-state index contributed by atoms with van der Waals surface area (Å²) in [6.45, 7) is 6.43. The van der Waals surface area contributed by atoms with Gasteiger partial charge in [0.1, 0.15) is 11.6 Å². The van der Waals surface area contributed by atoms with Crippen LogP contribution in [0.3, 0.4) is 0 Å². The number of aryl methyl sites for hydroxylation is 1. The van der Waals surface area contributed by atoms with E-state index in [9.17, 15) is 5.76 Å². The van der Waals surface area contributed by atoms with Crippen molar-refractivity contribution in [2.24, 2.45) is 0 Å². The lowest BCUT2D eigenvalue weighted by molar-refractivity contribution is 0.575. The van der Waals surface area contributed by atoms with E-state index in [2.05, 4.69) is 22.0 Å². The highest BCUT2D eigenvalue weighted by Crippen LogP contribution is 2.37. The van der Waals surface area contributed by atoms with Gasteiger partial charge < -0.3 is 10.2 Å². The topological polar surface area (TPSA) is 58.4 Å². The fraction of sp³-hybridized carbons (Fsp3) is 0.381. The number of nitrogens with zero attached hydrogens (tertiary/aromatic N) is 5. The Morgan fingerprint density at radius 2 is 2.32 bits per heavy atom. The maximum atomic E-state index is 14.3. The number of hydrogen-bond donors (Lipinski definition) is 1. The summed E-state index contributed by atoms with van der Waals surface area (Å²) >= 11 is 0. The average Bonchev–Trinajstić information content (AvgIpc) is 3.25. The minimum absolute atomic E-state index is 0.0178. The summed E-state index contributed by atoms with van der Waals surface area (Å²) in [6, 6.07) is 1.11. The Morgan fingerprint density at radius 1 is 1.43 bits per heavy atom.